The minimum atomic E-state index is -0.121. The van der Waals surface area contributed by atoms with Gasteiger partial charge in [-0.3, -0.25) is 4.79 Å². The third-order valence-electron chi connectivity index (χ3n) is 4.90. The highest BCUT2D eigenvalue weighted by atomic mass is 16.3. The van der Waals surface area contributed by atoms with E-state index in [4.69, 9.17) is 0 Å². The van der Waals surface area contributed by atoms with Crippen LogP contribution in [-0.2, 0) is 4.79 Å². The average Bonchev–Trinajstić information content (AvgIpc) is 2.74. The number of hydrogen-bond acceptors (Lipinski definition) is 2. The van der Waals surface area contributed by atoms with Crippen molar-refractivity contribution in [2.24, 2.45) is 17.3 Å². The molecular weight excluding hydrogens is 238 g/mol. The van der Waals surface area contributed by atoms with Crippen LogP contribution in [0.25, 0.3) is 0 Å². The first-order valence-electron chi connectivity index (χ1n) is 7.86. The first-order valence-corrected chi connectivity index (χ1v) is 7.86. The molecule has 0 aromatic rings. The molecule has 0 radical (unpaired) electrons. The van der Waals surface area contributed by atoms with E-state index in [2.05, 4.69) is 13.8 Å². The highest BCUT2D eigenvalue weighted by Gasteiger charge is 2.43. The minimum Gasteiger partial charge on any atom is -0.393 e. The van der Waals surface area contributed by atoms with Crippen LogP contribution in [0.15, 0.2) is 0 Å². The summed E-state index contributed by atoms with van der Waals surface area (Å²) in [6.07, 6.45) is 7.20. The van der Waals surface area contributed by atoms with E-state index < -0.39 is 0 Å². The Hall–Kier alpha value is -0.570. The first-order chi connectivity index (χ1) is 8.93. The van der Waals surface area contributed by atoms with Gasteiger partial charge in [-0.25, -0.2) is 0 Å². The number of nitrogens with zero attached hydrogens (tertiary/aromatic N) is 1. The fraction of sp³-hybridized carbons (Fsp3) is 0.938. The molecule has 0 aliphatic heterocycles. The highest BCUT2D eigenvalue weighted by molar-refractivity contribution is 5.82. The van der Waals surface area contributed by atoms with Crippen molar-refractivity contribution in [1.82, 2.24) is 4.90 Å². The van der Waals surface area contributed by atoms with Crippen LogP contribution in [0.1, 0.15) is 58.8 Å². The molecule has 0 aromatic carbocycles. The number of rotatable bonds is 5. The monoisotopic (exact) mass is 267 g/mol. The van der Waals surface area contributed by atoms with Gasteiger partial charge in [-0.2, -0.15) is 0 Å². The average molecular weight is 267 g/mol. The molecule has 2 fully saturated rings. The van der Waals surface area contributed by atoms with E-state index in [0.717, 1.165) is 38.6 Å². The molecule has 3 heteroatoms. The highest BCUT2D eigenvalue weighted by Crippen LogP contribution is 2.44. The molecule has 0 aromatic heterocycles. The third kappa shape index (κ3) is 3.31. The van der Waals surface area contributed by atoms with Gasteiger partial charge in [0.05, 0.1) is 6.10 Å². The Morgan fingerprint density at radius 1 is 1.32 bits per heavy atom. The van der Waals surface area contributed by atoms with Gasteiger partial charge in [-0.1, -0.05) is 26.7 Å². The molecule has 110 valence electrons. The molecule has 1 amide bonds. The molecule has 0 saturated heterocycles. The third-order valence-corrected chi connectivity index (χ3v) is 4.90. The van der Waals surface area contributed by atoms with E-state index in [9.17, 15) is 9.90 Å². The van der Waals surface area contributed by atoms with E-state index in [1.165, 1.54) is 12.8 Å². The van der Waals surface area contributed by atoms with Crippen molar-refractivity contribution < 1.29 is 9.90 Å². The molecule has 0 atom stereocenters. The van der Waals surface area contributed by atoms with Crippen LogP contribution in [0.5, 0.6) is 0 Å². The zero-order valence-electron chi connectivity index (χ0n) is 12.7. The summed E-state index contributed by atoms with van der Waals surface area (Å²) in [5.74, 6) is 1.46. The molecule has 0 bridgehead atoms. The zero-order chi connectivity index (χ0) is 14.0. The summed E-state index contributed by atoms with van der Waals surface area (Å²) in [7, 11) is 1.95. The summed E-state index contributed by atoms with van der Waals surface area (Å²) in [5.41, 5.74) is -0.0781. The van der Waals surface area contributed by atoms with Gasteiger partial charge < -0.3 is 10.0 Å². The summed E-state index contributed by atoms with van der Waals surface area (Å²) < 4.78 is 0. The lowest BCUT2D eigenvalue weighted by Crippen LogP contribution is -2.45. The van der Waals surface area contributed by atoms with Crippen molar-refractivity contribution in [3.8, 4) is 0 Å². The first kappa shape index (κ1) is 14.8. The van der Waals surface area contributed by atoms with Crippen LogP contribution in [-0.4, -0.2) is 35.6 Å². The molecule has 3 nitrogen and oxygen atoms in total. The van der Waals surface area contributed by atoms with Gasteiger partial charge in [-0.15, -0.1) is 0 Å². The molecule has 2 aliphatic carbocycles. The predicted molar refractivity (Wildman–Crippen MR) is 76.7 cm³/mol. The van der Waals surface area contributed by atoms with Gasteiger partial charge in [0.25, 0.3) is 0 Å². The van der Waals surface area contributed by atoms with Gasteiger partial charge in [-0.05, 0) is 43.9 Å². The molecule has 19 heavy (non-hydrogen) atoms. The second-order valence-corrected chi connectivity index (χ2v) is 7.26. The molecule has 2 rings (SSSR count). The van der Waals surface area contributed by atoms with Gasteiger partial charge in [0, 0.05) is 19.0 Å². The van der Waals surface area contributed by atoms with Crippen molar-refractivity contribution in [2.75, 3.05) is 13.6 Å². The number of carbonyl (C=O) groups is 1. The number of aliphatic hydroxyl groups excluding tert-OH is 1. The molecule has 2 saturated carbocycles. The smallest absolute Gasteiger partial charge is 0.228 e. The van der Waals surface area contributed by atoms with E-state index in [0.29, 0.717) is 17.7 Å². The minimum absolute atomic E-state index is 0.0781. The summed E-state index contributed by atoms with van der Waals surface area (Å²) >= 11 is 0. The summed E-state index contributed by atoms with van der Waals surface area (Å²) in [6.45, 7) is 5.26. The van der Waals surface area contributed by atoms with Crippen LogP contribution >= 0.6 is 0 Å². The van der Waals surface area contributed by atoms with E-state index in [1.54, 1.807) is 0 Å². The van der Waals surface area contributed by atoms with Gasteiger partial charge in [0.1, 0.15) is 0 Å². The van der Waals surface area contributed by atoms with Gasteiger partial charge in [0.2, 0.25) is 5.91 Å². The maximum atomic E-state index is 12.8. The van der Waals surface area contributed by atoms with E-state index in [-0.39, 0.29) is 11.5 Å². The quantitative estimate of drug-likeness (QED) is 0.832. The lowest BCUT2D eigenvalue weighted by Gasteiger charge is -2.38. The zero-order valence-corrected chi connectivity index (χ0v) is 12.7. The van der Waals surface area contributed by atoms with Gasteiger partial charge in [0.15, 0.2) is 0 Å². The molecule has 1 N–H and O–H groups in total. The van der Waals surface area contributed by atoms with Crippen LogP contribution < -0.4 is 0 Å². The molecule has 0 unspecified atom stereocenters. The fourth-order valence-electron chi connectivity index (χ4n) is 4.06. The topological polar surface area (TPSA) is 40.5 Å². The van der Waals surface area contributed by atoms with Crippen LogP contribution in [0.3, 0.4) is 0 Å². The SMILES string of the molecule is CC(C)CC1(C(=O)N(C)CC2CC(O)C2)CCCC1. The van der Waals surface area contributed by atoms with Crippen LogP contribution in [0.2, 0.25) is 0 Å². The number of aliphatic hydroxyl groups is 1. The maximum absolute atomic E-state index is 12.8. The Bertz CT molecular complexity index is 315. The van der Waals surface area contributed by atoms with Crippen molar-refractivity contribution in [3.05, 3.63) is 0 Å². The normalized spacial score (nSPS) is 29.3. The van der Waals surface area contributed by atoms with E-state index >= 15 is 0 Å². The molecule has 0 spiro atoms. The largest absolute Gasteiger partial charge is 0.393 e. The molecular formula is C16H29NO2. The van der Waals surface area contributed by atoms with Crippen molar-refractivity contribution in [1.29, 1.82) is 0 Å². The van der Waals surface area contributed by atoms with Crippen molar-refractivity contribution in [2.45, 2.75) is 64.9 Å². The maximum Gasteiger partial charge on any atom is 0.228 e. The Balaban J connectivity index is 1.94. The lowest BCUT2D eigenvalue weighted by molar-refractivity contribution is -0.143. The molecule has 2 aliphatic rings. The summed E-state index contributed by atoms with van der Waals surface area (Å²) in [5, 5.41) is 9.35. The standard InChI is InChI=1S/C16H29NO2/c1-12(2)10-16(6-4-5-7-16)15(19)17(3)11-13-8-14(18)9-13/h12-14,18H,4-11H2,1-3H3. The van der Waals surface area contributed by atoms with Gasteiger partial charge >= 0.3 is 0 Å². The summed E-state index contributed by atoms with van der Waals surface area (Å²) in [6, 6.07) is 0. The Morgan fingerprint density at radius 2 is 1.89 bits per heavy atom. The number of hydrogen-bond donors (Lipinski definition) is 1. The second kappa shape index (κ2) is 5.82. The Labute approximate surface area is 117 Å². The summed E-state index contributed by atoms with van der Waals surface area (Å²) in [4.78, 5) is 14.8. The lowest BCUT2D eigenvalue weighted by atomic mass is 9.76. The Kier molecular flexibility index (Phi) is 4.54. The van der Waals surface area contributed by atoms with Crippen LogP contribution in [0, 0.1) is 17.3 Å². The van der Waals surface area contributed by atoms with Crippen molar-refractivity contribution in [3.63, 3.8) is 0 Å². The predicted octanol–water partition coefficient (Wildman–Crippen LogP) is 2.82. The van der Waals surface area contributed by atoms with Crippen molar-refractivity contribution >= 4 is 5.91 Å². The number of carbonyl (C=O) groups excluding carboxylic acids is 1. The van der Waals surface area contributed by atoms with Crippen LogP contribution in [0.4, 0.5) is 0 Å². The number of amides is 1. The van der Waals surface area contributed by atoms with E-state index in [1.807, 2.05) is 11.9 Å². The fourth-order valence-corrected chi connectivity index (χ4v) is 4.06. The second-order valence-electron chi connectivity index (χ2n) is 7.26. The Morgan fingerprint density at radius 3 is 2.37 bits per heavy atom. The molecule has 0 heterocycles.